The highest BCUT2D eigenvalue weighted by Gasteiger charge is 2.06. The second-order valence-electron chi connectivity index (χ2n) is 4.24. The van der Waals surface area contributed by atoms with Crippen molar-refractivity contribution >= 4 is 0 Å². The molecule has 1 atom stereocenters. The summed E-state index contributed by atoms with van der Waals surface area (Å²) in [5.41, 5.74) is 9.83. The van der Waals surface area contributed by atoms with E-state index in [1.807, 2.05) is 24.3 Å². The minimum Gasteiger partial charge on any atom is -0.387 e. The maximum atomic E-state index is 9.72. The average molecular weight is 227 g/mol. The van der Waals surface area contributed by atoms with Gasteiger partial charge < -0.3 is 10.8 Å². The lowest BCUT2D eigenvalue weighted by Gasteiger charge is -2.10. The van der Waals surface area contributed by atoms with Crippen LogP contribution in [0.15, 0.2) is 48.5 Å². The molecule has 0 bridgehead atoms. The number of rotatable bonds is 3. The van der Waals surface area contributed by atoms with Gasteiger partial charge in [0, 0.05) is 6.54 Å². The number of nitrogens with two attached hydrogens (primary N) is 1. The van der Waals surface area contributed by atoms with Crippen molar-refractivity contribution in [3.05, 3.63) is 59.7 Å². The van der Waals surface area contributed by atoms with E-state index >= 15 is 0 Å². The molecule has 2 heteroatoms. The highest BCUT2D eigenvalue weighted by Crippen LogP contribution is 2.23. The zero-order chi connectivity index (χ0) is 12.3. The standard InChI is InChI=1S/C15H17NO/c1-11-5-7-12(8-6-11)13-3-2-4-14(9-13)15(17)10-16/h2-9,15,17H,10,16H2,1H3. The average Bonchev–Trinajstić information content (AvgIpc) is 2.39. The van der Waals surface area contributed by atoms with Gasteiger partial charge in [-0.05, 0) is 29.7 Å². The first-order valence-corrected chi connectivity index (χ1v) is 5.76. The predicted molar refractivity (Wildman–Crippen MR) is 70.6 cm³/mol. The van der Waals surface area contributed by atoms with Gasteiger partial charge in [0.15, 0.2) is 0 Å². The van der Waals surface area contributed by atoms with Crippen molar-refractivity contribution in [1.29, 1.82) is 0 Å². The maximum Gasteiger partial charge on any atom is 0.0912 e. The van der Waals surface area contributed by atoms with Crippen molar-refractivity contribution in [2.75, 3.05) is 6.54 Å². The summed E-state index contributed by atoms with van der Waals surface area (Å²) in [7, 11) is 0. The Bertz CT molecular complexity index is 491. The van der Waals surface area contributed by atoms with Gasteiger partial charge in [0.2, 0.25) is 0 Å². The summed E-state index contributed by atoms with van der Waals surface area (Å²) >= 11 is 0. The summed E-state index contributed by atoms with van der Waals surface area (Å²) in [5.74, 6) is 0. The van der Waals surface area contributed by atoms with E-state index in [2.05, 4.69) is 31.2 Å². The molecule has 0 aromatic heterocycles. The Morgan fingerprint density at radius 2 is 1.76 bits per heavy atom. The van der Waals surface area contributed by atoms with Crippen molar-refractivity contribution < 1.29 is 5.11 Å². The van der Waals surface area contributed by atoms with Crippen molar-refractivity contribution in [1.82, 2.24) is 0 Å². The molecule has 0 fully saturated rings. The number of benzene rings is 2. The monoisotopic (exact) mass is 227 g/mol. The molecule has 0 amide bonds. The van der Waals surface area contributed by atoms with Crippen LogP contribution in [0.1, 0.15) is 17.2 Å². The van der Waals surface area contributed by atoms with Crippen LogP contribution in [0.2, 0.25) is 0 Å². The van der Waals surface area contributed by atoms with Crippen molar-refractivity contribution in [2.24, 2.45) is 5.73 Å². The van der Waals surface area contributed by atoms with Crippen LogP contribution in [-0.2, 0) is 0 Å². The number of hydrogen-bond acceptors (Lipinski definition) is 2. The van der Waals surface area contributed by atoms with E-state index in [0.717, 1.165) is 16.7 Å². The SMILES string of the molecule is Cc1ccc(-c2cccc(C(O)CN)c2)cc1. The quantitative estimate of drug-likeness (QED) is 0.846. The summed E-state index contributed by atoms with van der Waals surface area (Å²) in [6.45, 7) is 2.32. The Kier molecular flexibility index (Phi) is 3.57. The minimum atomic E-state index is -0.583. The second-order valence-corrected chi connectivity index (χ2v) is 4.24. The van der Waals surface area contributed by atoms with Gasteiger partial charge in [0.05, 0.1) is 6.10 Å². The molecule has 1 unspecified atom stereocenters. The molecule has 0 radical (unpaired) electrons. The van der Waals surface area contributed by atoms with Crippen LogP contribution in [0.3, 0.4) is 0 Å². The lowest BCUT2D eigenvalue weighted by molar-refractivity contribution is 0.187. The highest BCUT2D eigenvalue weighted by atomic mass is 16.3. The molecule has 2 rings (SSSR count). The van der Waals surface area contributed by atoms with Gasteiger partial charge in [-0.25, -0.2) is 0 Å². The van der Waals surface area contributed by atoms with Crippen molar-refractivity contribution in [3.63, 3.8) is 0 Å². The van der Waals surface area contributed by atoms with E-state index in [0.29, 0.717) is 0 Å². The normalized spacial score (nSPS) is 12.4. The fourth-order valence-electron chi connectivity index (χ4n) is 1.81. The van der Waals surface area contributed by atoms with Gasteiger partial charge in [-0.2, -0.15) is 0 Å². The Hall–Kier alpha value is -1.64. The van der Waals surface area contributed by atoms with Gasteiger partial charge >= 0.3 is 0 Å². The van der Waals surface area contributed by atoms with E-state index in [1.165, 1.54) is 5.56 Å². The Balaban J connectivity index is 2.36. The molecular formula is C15H17NO. The number of aliphatic hydroxyl groups excluding tert-OH is 1. The number of aryl methyl sites for hydroxylation is 1. The molecule has 3 N–H and O–H groups in total. The van der Waals surface area contributed by atoms with Crippen LogP contribution >= 0.6 is 0 Å². The molecular weight excluding hydrogens is 210 g/mol. The van der Waals surface area contributed by atoms with Crippen molar-refractivity contribution in [3.8, 4) is 11.1 Å². The summed E-state index contributed by atoms with van der Waals surface area (Å²) in [4.78, 5) is 0. The summed E-state index contributed by atoms with van der Waals surface area (Å²) in [6, 6.07) is 16.2. The third-order valence-corrected chi connectivity index (χ3v) is 2.88. The first-order valence-electron chi connectivity index (χ1n) is 5.76. The molecule has 2 nitrogen and oxygen atoms in total. The highest BCUT2D eigenvalue weighted by molar-refractivity contribution is 5.64. The van der Waals surface area contributed by atoms with E-state index in [4.69, 9.17) is 5.73 Å². The Morgan fingerprint density at radius 1 is 1.06 bits per heavy atom. The van der Waals surface area contributed by atoms with Gasteiger partial charge in [0.1, 0.15) is 0 Å². The fourth-order valence-corrected chi connectivity index (χ4v) is 1.81. The molecule has 0 saturated heterocycles. The molecule has 2 aromatic rings. The molecule has 0 heterocycles. The van der Waals surface area contributed by atoms with Crippen molar-refractivity contribution in [2.45, 2.75) is 13.0 Å². The molecule has 0 saturated carbocycles. The van der Waals surface area contributed by atoms with Crippen LogP contribution in [0.5, 0.6) is 0 Å². The maximum absolute atomic E-state index is 9.72. The lowest BCUT2D eigenvalue weighted by atomic mass is 10.00. The third-order valence-electron chi connectivity index (χ3n) is 2.88. The topological polar surface area (TPSA) is 46.2 Å². The first-order chi connectivity index (χ1) is 8.20. The predicted octanol–water partition coefficient (Wildman–Crippen LogP) is 2.65. The van der Waals surface area contributed by atoms with E-state index < -0.39 is 6.10 Å². The largest absolute Gasteiger partial charge is 0.387 e. The molecule has 2 aromatic carbocycles. The van der Waals surface area contributed by atoms with Crippen LogP contribution in [0.4, 0.5) is 0 Å². The molecule has 0 aliphatic carbocycles. The number of hydrogen-bond donors (Lipinski definition) is 2. The molecule has 0 spiro atoms. The summed E-state index contributed by atoms with van der Waals surface area (Å²) < 4.78 is 0. The summed E-state index contributed by atoms with van der Waals surface area (Å²) in [5, 5.41) is 9.72. The van der Waals surface area contributed by atoms with Crippen LogP contribution in [-0.4, -0.2) is 11.7 Å². The van der Waals surface area contributed by atoms with E-state index in [1.54, 1.807) is 0 Å². The lowest BCUT2D eigenvalue weighted by Crippen LogP contribution is -2.11. The number of aliphatic hydroxyl groups is 1. The zero-order valence-corrected chi connectivity index (χ0v) is 9.93. The van der Waals surface area contributed by atoms with Crippen LogP contribution in [0.25, 0.3) is 11.1 Å². The molecule has 0 aliphatic heterocycles. The van der Waals surface area contributed by atoms with Gasteiger partial charge in [-0.15, -0.1) is 0 Å². The molecule has 17 heavy (non-hydrogen) atoms. The Morgan fingerprint density at radius 3 is 2.41 bits per heavy atom. The zero-order valence-electron chi connectivity index (χ0n) is 9.93. The minimum absolute atomic E-state index is 0.247. The van der Waals surface area contributed by atoms with Crippen LogP contribution in [0, 0.1) is 6.92 Å². The third kappa shape index (κ3) is 2.73. The smallest absolute Gasteiger partial charge is 0.0912 e. The van der Waals surface area contributed by atoms with Gasteiger partial charge in [-0.3, -0.25) is 0 Å². The second kappa shape index (κ2) is 5.13. The fraction of sp³-hybridized carbons (Fsp3) is 0.200. The summed E-state index contributed by atoms with van der Waals surface area (Å²) in [6.07, 6.45) is -0.583. The van der Waals surface area contributed by atoms with E-state index in [-0.39, 0.29) is 6.54 Å². The van der Waals surface area contributed by atoms with Crippen LogP contribution < -0.4 is 5.73 Å². The van der Waals surface area contributed by atoms with Gasteiger partial charge in [-0.1, -0.05) is 48.0 Å². The van der Waals surface area contributed by atoms with Gasteiger partial charge in [0.25, 0.3) is 0 Å². The Labute approximate surface area is 102 Å². The molecule has 0 aliphatic rings. The molecule has 88 valence electrons. The first kappa shape index (κ1) is 11.8. The van der Waals surface area contributed by atoms with E-state index in [9.17, 15) is 5.11 Å².